The van der Waals surface area contributed by atoms with Crippen molar-refractivity contribution in [2.75, 3.05) is 0 Å². The van der Waals surface area contributed by atoms with Gasteiger partial charge in [0.05, 0.1) is 5.44 Å². The minimum atomic E-state index is 0.576. The van der Waals surface area contributed by atoms with E-state index in [-0.39, 0.29) is 0 Å². The number of hydrogen-bond acceptors (Lipinski definition) is 1. The molecule has 11 heavy (non-hydrogen) atoms. The first-order valence-corrected chi connectivity index (χ1v) is 4.41. The summed E-state index contributed by atoms with van der Waals surface area (Å²) in [7, 11) is 2.63. The molecule has 1 unspecified atom stereocenters. The topological polar surface area (TPSA) is 12.9 Å². The predicted octanol–water partition coefficient (Wildman–Crippen LogP) is 2.01. The Balaban J connectivity index is 3.05. The molecule has 1 atom stereocenters. The fraction of sp³-hybridized carbons (Fsp3) is 0.444. The summed E-state index contributed by atoms with van der Waals surface area (Å²) in [6.45, 7) is 6.44. The van der Waals surface area contributed by atoms with Gasteiger partial charge >= 0.3 is 0 Å². The van der Waals surface area contributed by atoms with Crippen molar-refractivity contribution in [1.82, 2.24) is 4.98 Å². The maximum Gasteiger partial charge on any atom is 0.0598 e. The average molecular weight is 167 g/mol. The summed E-state index contributed by atoms with van der Waals surface area (Å²) < 4.78 is 0. The SMILES string of the molecule is Cc1cc(C(C)C)cnc1P. The maximum absolute atomic E-state index is 4.26. The minimum Gasteiger partial charge on any atom is -0.257 e. The monoisotopic (exact) mass is 167 g/mol. The van der Waals surface area contributed by atoms with Crippen LogP contribution in [-0.2, 0) is 0 Å². The summed E-state index contributed by atoms with van der Waals surface area (Å²) in [6, 6.07) is 2.19. The van der Waals surface area contributed by atoms with Gasteiger partial charge in [0.1, 0.15) is 0 Å². The van der Waals surface area contributed by atoms with Gasteiger partial charge in [-0.15, -0.1) is 0 Å². The Hall–Kier alpha value is -0.420. The summed E-state index contributed by atoms with van der Waals surface area (Å²) in [5.41, 5.74) is 3.62. The van der Waals surface area contributed by atoms with Crippen molar-refractivity contribution >= 4 is 14.7 Å². The summed E-state index contributed by atoms with van der Waals surface area (Å²) >= 11 is 0. The van der Waals surface area contributed by atoms with Crippen LogP contribution in [0.25, 0.3) is 0 Å². The Morgan fingerprint density at radius 1 is 1.45 bits per heavy atom. The molecule has 0 aliphatic carbocycles. The lowest BCUT2D eigenvalue weighted by Gasteiger charge is -2.06. The van der Waals surface area contributed by atoms with Crippen LogP contribution in [0.2, 0.25) is 0 Å². The third-order valence-electron chi connectivity index (χ3n) is 1.81. The zero-order chi connectivity index (χ0) is 8.43. The summed E-state index contributed by atoms with van der Waals surface area (Å²) in [4.78, 5) is 4.26. The Kier molecular flexibility index (Phi) is 2.62. The molecular formula is C9H14NP. The molecule has 0 saturated heterocycles. The first-order valence-electron chi connectivity index (χ1n) is 3.83. The van der Waals surface area contributed by atoms with Crippen LogP contribution in [0.4, 0.5) is 0 Å². The summed E-state index contributed by atoms with van der Waals surface area (Å²) in [5.74, 6) is 0.576. The fourth-order valence-electron chi connectivity index (χ4n) is 0.923. The lowest BCUT2D eigenvalue weighted by atomic mass is 10.0. The Bertz CT molecular complexity index is 256. The molecule has 60 valence electrons. The molecule has 1 heterocycles. The van der Waals surface area contributed by atoms with Gasteiger partial charge in [-0.05, 0) is 24.0 Å². The van der Waals surface area contributed by atoms with Crippen molar-refractivity contribution in [2.45, 2.75) is 26.7 Å². The predicted molar refractivity (Wildman–Crippen MR) is 52.4 cm³/mol. The van der Waals surface area contributed by atoms with Crippen LogP contribution < -0.4 is 5.44 Å². The zero-order valence-electron chi connectivity index (χ0n) is 7.26. The average Bonchev–Trinajstić information content (AvgIpc) is 1.94. The van der Waals surface area contributed by atoms with E-state index < -0.39 is 0 Å². The second-order valence-electron chi connectivity index (χ2n) is 3.13. The van der Waals surface area contributed by atoms with Crippen LogP contribution in [0.1, 0.15) is 30.9 Å². The van der Waals surface area contributed by atoms with Crippen molar-refractivity contribution in [2.24, 2.45) is 0 Å². The van der Waals surface area contributed by atoms with E-state index >= 15 is 0 Å². The van der Waals surface area contributed by atoms with Crippen LogP contribution in [-0.4, -0.2) is 4.98 Å². The molecule has 1 aromatic heterocycles. The summed E-state index contributed by atoms with van der Waals surface area (Å²) in [6.07, 6.45) is 1.94. The molecular weight excluding hydrogens is 153 g/mol. The quantitative estimate of drug-likeness (QED) is 0.583. The van der Waals surface area contributed by atoms with Crippen LogP contribution >= 0.6 is 9.24 Å². The molecule has 0 saturated carbocycles. The van der Waals surface area contributed by atoms with Crippen LogP contribution in [0.15, 0.2) is 12.3 Å². The van der Waals surface area contributed by atoms with Crippen molar-refractivity contribution in [1.29, 1.82) is 0 Å². The zero-order valence-corrected chi connectivity index (χ0v) is 8.41. The number of nitrogens with zero attached hydrogens (tertiary/aromatic N) is 1. The van der Waals surface area contributed by atoms with Gasteiger partial charge in [0, 0.05) is 6.20 Å². The number of aryl methyl sites for hydroxylation is 1. The third-order valence-corrected chi connectivity index (χ3v) is 2.41. The van der Waals surface area contributed by atoms with Gasteiger partial charge in [0.15, 0.2) is 0 Å². The van der Waals surface area contributed by atoms with Gasteiger partial charge < -0.3 is 0 Å². The molecule has 1 nitrogen and oxygen atoms in total. The lowest BCUT2D eigenvalue weighted by Crippen LogP contribution is -2.04. The Labute approximate surface area is 70.4 Å². The van der Waals surface area contributed by atoms with E-state index in [1.54, 1.807) is 0 Å². The molecule has 0 fully saturated rings. The Morgan fingerprint density at radius 3 is 2.55 bits per heavy atom. The lowest BCUT2D eigenvalue weighted by molar-refractivity contribution is 0.858. The van der Waals surface area contributed by atoms with E-state index in [2.05, 4.69) is 41.1 Å². The van der Waals surface area contributed by atoms with Crippen molar-refractivity contribution in [3.05, 3.63) is 23.4 Å². The van der Waals surface area contributed by atoms with Gasteiger partial charge in [0.25, 0.3) is 0 Å². The first kappa shape index (κ1) is 8.67. The van der Waals surface area contributed by atoms with Crippen molar-refractivity contribution in [3.63, 3.8) is 0 Å². The Morgan fingerprint density at radius 2 is 2.09 bits per heavy atom. The number of rotatable bonds is 1. The molecule has 0 aliphatic heterocycles. The minimum absolute atomic E-state index is 0.576. The fourth-order valence-corrected chi connectivity index (χ4v) is 1.08. The number of aromatic nitrogens is 1. The van der Waals surface area contributed by atoms with Crippen LogP contribution in [0.5, 0.6) is 0 Å². The largest absolute Gasteiger partial charge is 0.257 e. The second-order valence-corrected chi connectivity index (χ2v) is 3.67. The molecule has 2 heteroatoms. The second kappa shape index (κ2) is 3.32. The number of pyridine rings is 1. The molecule has 0 N–H and O–H groups in total. The van der Waals surface area contributed by atoms with Crippen molar-refractivity contribution < 1.29 is 0 Å². The van der Waals surface area contributed by atoms with E-state index in [1.165, 1.54) is 11.1 Å². The molecule has 0 spiro atoms. The van der Waals surface area contributed by atoms with Gasteiger partial charge in [0.2, 0.25) is 0 Å². The maximum atomic E-state index is 4.26. The van der Waals surface area contributed by atoms with Gasteiger partial charge in [-0.3, -0.25) is 4.98 Å². The highest BCUT2D eigenvalue weighted by atomic mass is 31.0. The van der Waals surface area contributed by atoms with Gasteiger partial charge in [-0.25, -0.2) is 0 Å². The van der Waals surface area contributed by atoms with Crippen LogP contribution in [0, 0.1) is 6.92 Å². The highest BCUT2D eigenvalue weighted by Gasteiger charge is 2.00. The van der Waals surface area contributed by atoms with Crippen molar-refractivity contribution in [3.8, 4) is 0 Å². The molecule has 1 aromatic rings. The molecule has 0 radical (unpaired) electrons. The molecule has 1 rings (SSSR count). The van der Waals surface area contributed by atoms with Gasteiger partial charge in [-0.2, -0.15) is 0 Å². The van der Waals surface area contributed by atoms with E-state index in [1.807, 2.05) is 6.20 Å². The highest BCUT2D eigenvalue weighted by Crippen LogP contribution is 2.13. The summed E-state index contributed by atoms with van der Waals surface area (Å²) in [5, 5.41) is 0. The highest BCUT2D eigenvalue weighted by molar-refractivity contribution is 7.27. The van der Waals surface area contributed by atoms with Crippen LogP contribution in [0.3, 0.4) is 0 Å². The van der Waals surface area contributed by atoms with E-state index in [0.29, 0.717) is 5.92 Å². The number of hydrogen-bond donors (Lipinski definition) is 0. The van der Waals surface area contributed by atoms with Gasteiger partial charge in [-0.1, -0.05) is 29.2 Å². The van der Waals surface area contributed by atoms with E-state index in [0.717, 1.165) is 5.44 Å². The first-order chi connectivity index (χ1) is 5.11. The molecule has 0 bridgehead atoms. The molecule has 0 aromatic carbocycles. The normalized spacial score (nSPS) is 10.6. The molecule has 0 aliphatic rings. The standard InChI is InChI=1S/C9H14NP/c1-6(2)8-4-7(3)9(11)10-5-8/h4-6H,11H2,1-3H3. The van der Waals surface area contributed by atoms with E-state index in [4.69, 9.17) is 0 Å². The molecule has 0 amide bonds. The third kappa shape index (κ3) is 2.00. The smallest absolute Gasteiger partial charge is 0.0598 e. The van der Waals surface area contributed by atoms with E-state index in [9.17, 15) is 0 Å².